The molecule has 1 N–H and O–H groups in total. The van der Waals surface area contributed by atoms with E-state index in [0.29, 0.717) is 49.3 Å². The van der Waals surface area contributed by atoms with Crippen molar-refractivity contribution in [3.05, 3.63) is 34.9 Å². The van der Waals surface area contributed by atoms with Crippen LogP contribution in [0.4, 0.5) is 11.6 Å². The predicted octanol–water partition coefficient (Wildman–Crippen LogP) is 2.41. The molecule has 1 fully saturated rings. The molecule has 0 radical (unpaired) electrons. The molecule has 2 aromatic heterocycles. The van der Waals surface area contributed by atoms with Crippen LogP contribution in [0.3, 0.4) is 0 Å². The summed E-state index contributed by atoms with van der Waals surface area (Å²) >= 11 is 6.36. The van der Waals surface area contributed by atoms with Crippen molar-refractivity contribution >= 4 is 34.9 Å². The van der Waals surface area contributed by atoms with Crippen LogP contribution in [-0.4, -0.2) is 68.6 Å². The number of aromatic nitrogens is 5. The summed E-state index contributed by atoms with van der Waals surface area (Å²) < 4.78 is 7.09. The van der Waals surface area contributed by atoms with E-state index in [9.17, 15) is 4.79 Å². The number of hydrogen-bond acceptors (Lipinski definition) is 8. The van der Waals surface area contributed by atoms with Crippen LogP contribution in [0.5, 0.6) is 5.75 Å². The number of anilines is 2. The molecule has 10 nitrogen and oxygen atoms in total. The number of nitrogens with zero attached hydrogens (tertiary/aromatic N) is 7. The van der Waals surface area contributed by atoms with Crippen LogP contribution in [-0.2, 0) is 4.79 Å². The minimum absolute atomic E-state index is 0.0645. The number of halogens is 1. The summed E-state index contributed by atoms with van der Waals surface area (Å²) in [4.78, 5) is 20.2. The van der Waals surface area contributed by atoms with Gasteiger partial charge in [0.15, 0.2) is 0 Å². The van der Waals surface area contributed by atoms with Gasteiger partial charge in [0, 0.05) is 39.2 Å². The molecular weight excluding hydrogens is 420 g/mol. The van der Waals surface area contributed by atoms with Crippen molar-refractivity contribution in [3.8, 4) is 5.75 Å². The van der Waals surface area contributed by atoms with Crippen molar-refractivity contribution in [1.29, 1.82) is 0 Å². The molecule has 1 aliphatic heterocycles. The smallest absolute Gasteiger partial charge is 0.277 e. The zero-order chi connectivity index (χ0) is 22.0. The number of hydrogen-bond donors (Lipinski definition) is 1. The maximum absolute atomic E-state index is 11.6. The second-order valence-electron chi connectivity index (χ2n) is 7.37. The van der Waals surface area contributed by atoms with Crippen molar-refractivity contribution in [3.63, 3.8) is 0 Å². The first-order valence-electron chi connectivity index (χ1n) is 10.2. The molecule has 1 saturated heterocycles. The van der Waals surface area contributed by atoms with Crippen LogP contribution in [0.15, 0.2) is 24.3 Å². The Morgan fingerprint density at radius 2 is 2.03 bits per heavy atom. The molecular formula is C20H25ClN8O2. The Hall–Kier alpha value is -3.14. The highest BCUT2D eigenvalue weighted by Crippen LogP contribution is 2.30. The lowest BCUT2D eigenvalue weighted by Gasteiger charge is -2.35. The molecule has 164 valence electrons. The second kappa shape index (κ2) is 8.93. The largest absolute Gasteiger partial charge is 0.492 e. The van der Waals surface area contributed by atoms with E-state index in [1.165, 1.54) is 0 Å². The van der Waals surface area contributed by atoms with E-state index in [4.69, 9.17) is 16.3 Å². The van der Waals surface area contributed by atoms with Crippen molar-refractivity contribution < 1.29 is 9.53 Å². The Morgan fingerprint density at radius 3 is 2.71 bits per heavy atom. The second-order valence-corrected chi connectivity index (χ2v) is 7.78. The topological polar surface area (TPSA) is 101 Å². The Labute approximate surface area is 185 Å². The molecule has 1 amide bonds. The summed E-state index contributed by atoms with van der Waals surface area (Å²) in [6.45, 7) is 8.85. The minimum atomic E-state index is -0.0645. The van der Waals surface area contributed by atoms with Gasteiger partial charge in [0.25, 0.3) is 5.78 Å². The number of piperazine rings is 1. The average Bonchev–Trinajstić information content (AvgIpc) is 3.24. The highest BCUT2D eigenvalue weighted by atomic mass is 35.5. The van der Waals surface area contributed by atoms with Gasteiger partial charge in [0.05, 0.1) is 17.7 Å². The maximum Gasteiger partial charge on any atom is 0.277 e. The van der Waals surface area contributed by atoms with Crippen molar-refractivity contribution in [2.75, 3.05) is 43.0 Å². The fourth-order valence-corrected chi connectivity index (χ4v) is 3.85. The van der Waals surface area contributed by atoms with Crippen LogP contribution >= 0.6 is 11.6 Å². The van der Waals surface area contributed by atoms with Gasteiger partial charge in [-0.15, -0.1) is 0 Å². The first kappa shape index (κ1) is 21.1. The van der Waals surface area contributed by atoms with E-state index in [0.717, 1.165) is 17.2 Å². The Kier molecular flexibility index (Phi) is 6.08. The van der Waals surface area contributed by atoms with Gasteiger partial charge in [-0.25, -0.2) is 0 Å². The Morgan fingerprint density at radius 1 is 1.26 bits per heavy atom. The predicted molar refractivity (Wildman–Crippen MR) is 118 cm³/mol. The van der Waals surface area contributed by atoms with E-state index >= 15 is 0 Å². The SMILES string of the molecule is CCOc1ccc([C@H](C)Nc2cc(N3CCN(C(C)=O)CC3)nc3nnnn23)cc1Cl. The molecule has 0 unspecified atom stereocenters. The van der Waals surface area contributed by atoms with Gasteiger partial charge in [-0.3, -0.25) is 4.79 Å². The molecule has 1 atom stereocenters. The number of ether oxygens (including phenoxy) is 1. The van der Waals surface area contributed by atoms with Gasteiger partial charge >= 0.3 is 0 Å². The summed E-state index contributed by atoms with van der Waals surface area (Å²) in [5.41, 5.74) is 1.00. The highest BCUT2D eigenvalue weighted by Gasteiger charge is 2.22. The van der Waals surface area contributed by atoms with Crippen molar-refractivity contribution in [1.82, 2.24) is 29.9 Å². The normalized spacial score (nSPS) is 15.2. The lowest BCUT2D eigenvalue weighted by molar-refractivity contribution is -0.129. The van der Waals surface area contributed by atoms with Gasteiger partial charge < -0.3 is 19.9 Å². The third-order valence-electron chi connectivity index (χ3n) is 5.33. The minimum Gasteiger partial charge on any atom is -0.492 e. The molecule has 4 rings (SSSR count). The molecule has 31 heavy (non-hydrogen) atoms. The molecule has 3 aromatic rings. The zero-order valence-electron chi connectivity index (χ0n) is 17.7. The Balaban J connectivity index is 1.57. The van der Waals surface area contributed by atoms with E-state index in [2.05, 4.69) is 30.7 Å². The summed E-state index contributed by atoms with van der Waals surface area (Å²) in [5.74, 6) is 2.65. The van der Waals surface area contributed by atoms with E-state index in [1.807, 2.05) is 43.0 Å². The molecule has 0 spiro atoms. The van der Waals surface area contributed by atoms with Crippen LogP contribution in [0.25, 0.3) is 5.78 Å². The molecule has 0 aliphatic carbocycles. The Bertz CT molecular complexity index is 1080. The first-order chi connectivity index (χ1) is 15.0. The molecule has 11 heteroatoms. The summed E-state index contributed by atoms with van der Waals surface area (Å²) in [7, 11) is 0. The third-order valence-corrected chi connectivity index (χ3v) is 5.63. The highest BCUT2D eigenvalue weighted by molar-refractivity contribution is 6.32. The first-order valence-corrected chi connectivity index (χ1v) is 10.6. The number of nitrogens with one attached hydrogen (secondary N) is 1. The number of carbonyl (C=O) groups excluding carboxylic acids is 1. The van der Waals surface area contributed by atoms with Gasteiger partial charge in [0.2, 0.25) is 5.91 Å². The monoisotopic (exact) mass is 444 g/mol. The molecule has 3 heterocycles. The molecule has 0 bridgehead atoms. The number of rotatable bonds is 6. The number of fused-ring (bicyclic) bond motifs is 1. The van der Waals surface area contributed by atoms with E-state index in [1.54, 1.807) is 11.4 Å². The maximum atomic E-state index is 11.6. The third kappa shape index (κ3) is 4.48. The fourth-order valence-electron chi connectivity index (χ4n) is 3.61. The van der Waals surface area contributed by atoms with Crippen LogP contribution in [0, 0.1) is 0 Å². The van der Waals surface area contributed by atoms with E-state index in [-0.39, 0.29) is 11.9 Å². The van der Waals surface area contributed by atoms with Gasteiger partial charge in [-0.2, -0.15) is 9.50 Å². The van der Waals surface area contributed by atoms with Crippen molar-refractivity contribution in [2.24, 2.45) is 0 Å². The van der Waals surface area contributed by atoms with Gasteiger partial charge in [-0.1, -0.05) is 22.8 Å². The van der Waals surface area contributed by atoms with Crippen LogP contribution in [0.2, 0.25) is 5.02 Å². The van der Waals surface area contributed by atoms with E-state index < -0.39 is 0 Å². The summed E-state index contributed by atoms with van der Waals surface area (Å²) in [6.07, 6.45) is 0. The fraction of sp³-hybridized carbons (Fsp3) is 0.450. The molecule has 1 aliphatic rings. The zero-order valence-corrected chi connectivity index (χ0v) is 18.5. The average molecular weight is 445 g/mol. The quantitative estimate of drug-likeness (QED) is 0.618. The van der Waals surface area contributed by atoms with Crippen LogP contribution < -0.4 is 15.0 Å². The molecule has 1 aromatic carbocycles. The number of benzene rings is 1. The van der Waals surface area contributed by atoms with Gasteiger partial charge in [0.1, 0.15) is 17.4 Å². The molecule has 0 saturated carbocycles. The van der Waals surface area contributed by atoms with Crippen molar-refractivity contribution in [2.45, 2.75) is 26.8 Å². The number of carbonyl (C=O) groups is 1. The summed E-state index contributed by atoms with van der Waals surface area (Å²) in [5, 5.41) is 15.9. The lowest BCUT2D eigenvalue weighted by atomic mass is 10.1. The van der Waals surface area contributed by atoms with Gasteiger partial charge in [-0.05, 0) is 42.0 Å². The van der Waals surface area contributed by atoms with Crippen LogP contribution in [0.1, 0.15) is 32.4 Å². The standard InChI is InChI=1S/C20H25ClN8O2/c1-4-31-17-6-5-15(11-16(17)21)13(2)22-19-12-18(23-20-24-25-26-29(19)20)28-9-7-27(8-10-28)14(3)30/h5-6,11-13,22H,4,7-10H2,1-3H3/t13-/m0/s1. The number of amides is 1. The summed E-state index contributed by atoms with van der Waals surface area (Å²) in [6, 6.07) is 7.61. The lowest BCUT2D eigenvalue weighted by Crippen LogP contribution is -2.48. The number of tetrazole rings is 1.